The Hall–Kier alpha value is -2.04. The predicted molar refractivity (Wildman–Crippen MR) is 65.9 cm³/mol. The van der Waals surface area contributed by atoms with Crippen LogP contribution in [-0.2, 0) is 6.54 Å². The monoisotopic (exact) mass is 232 g/mol. The lowest BCUT2D eigenvalue weighted by Gasteiger charge is -2.07. The highest BCUT2D eigenvalue weighted by molar-refractivity contribution is 5.94. The number of amides is 2. The third-order valence-electron chi connectivity index (χ3n) is 2.63. The Morgan fingerprint density at radius 1 is 1.35 bits per heavy atom. The van der Waals surface area contributed by atoms with E-state index in [-0.39, 0.29) is 11.9 Å². The molecule has 0 spiro atoms. The molecule has 90 valence electrons. The number of hydrogen-bond acceptors (Lipinski definition) is 2. The van der Waals surface area contributed by atoms with Gasteiger partial charge in [-0.1, -0.05) is 24.3 Å². The van der Waals surface area contributed by atoms with Crippen LogP contribution in [0.1, 0.15) is 24.0 Å². The number of hydrogen-bond donors (Lipinski definition) is 4. The van der Waals surface area contributed by atoms with Gasteiger partial charge >= 0.3 is 6.03 Å². The summed E-state index contributed by atoms with van der Waals surface area (Å²) in [6.45, 7) is 0.483. The van der Waals surface area contributed by atoms with Gasteiger partial charge < -0.3 is 16.4 Å². The predicted octanol–water partition coefficient (Wildman–Crippen LogP) is 0.932. The van der Waals surface area contributed by atoms with Crippen molar-refractivity contribution in [1.82, 2.24) is 10.6 Å². The third-order valence-corrected chi connectivity index (χ3v) is 2.63. The maximum absolute atomic E-state index is 11.4. The van der Waals surface area contributed by atoms with Crippen molar-refractivity contribution >= 4 is 11.9 Å². The van der Waals surface area contributed by atoms with Crippen molar-refractivity contribution in [2.24, 2.45) is 5.73 Å². The van der Waals surface area contributed by atoms with E-state index in [1.54, 1.807) is 12.1 Å². The molecule has 0 saturated heterocycles. The molecule has 0 heterocycles. The first-order valence-corrected chi connectivity index (χ1v) is 5.63. The Morgan fingerprint density at radius 3 is 2.53 bits per heavy atom. The molecule has 0 unspecified atom stereocenters. The fraction of sp³-hybridized carbons (Fsp3) is 0.333. The van der Waals surface area contributed by atoms with Gasteiger partial charge in [0.05, 0.1) is 0 Å². The van der Waals surface area contributed by atoms with E-state index < -0.39 is 0 Å². The van der Waals surface area contributed by atoms with Gasteiger partial charge in [-0.3, -0.25) is 5.41 Å². The summed E-state index contributed by atoms with van der Waals surface area (Å²) in [4.78, 5) is 11.4. The smallest absolute Gasteiger partial charge is 0.315 e. The number of rotatable bonds is 4. The van der Waals surface area contributed by atoms with Gasteiger partial charge in [0.1, 0.15) is 5.84 Å². The van der Waals surface area contributed by atoms with Crippen molar-refractivity contribution in [2.75, 3.05) is 0 Å². The second kappa shape index (κ2) is 4.86. The molecule has 1 aliphatic carbocycles. The van der Waals surface area contributed by atoms with E-state index in [2.05, 4.69) is 10.6 Å². The molecule has 1 aromatic carbocycles. The fourth-order valence-corrected chi connectivity index (χ4v) is 1.45. The average Bonchev–Trinajstić information content (AvgIpc) is 3.11. The summed E-state index contributed by atoms with van der Waals surface area (Å²) >= 11 is 0. The molecule has 2 amide bonds. The van der Waals surface area contributed by atoms with Crippen LogP contribution in [0.4, 0.5) is 4.79 Å². The zero-order valence-corrected chi connectivity index (χ0v) is 9.49. The molecular formula is C12H16N4O. The van der Waals surface area contributed by atoms with Gasteiger partial charge in [0.25, 0.3) is 0 Å². The summed E-state index contributed by atoms with van der Waals surface area (Å²) in [5.41, 5.74) is 7.03. The first-order valence-electron chi connectivity index (χ1n) is 5.63. The highest BCUT2D eigenvalue weighted by atomic mass is 16.2. The summed E-state index contributed by atoms with van der Waals surface area (Å²) in [6, 6.07) is 7.51. The molecular weight excluding hydrogens is 216 g/mol. The lowest BCUT2D eigenvalue weighted by molar-refractivity contribution is 0.240. The molecule has 0 radical (unpaired) electrons. The summed E-state index contributed by atoms with van der Waals surface area (Å²) in [5.74, 6) is 0.0518. The molecule has 2 rings (SSSR count). The molecule has 5 N–H and O–H groups in total. The first-order chi connectivity index (χ1) is 8.15. The lowest BCUT2D eigenvalue weighted by atomic mass is 10.1. The molecule has 17 heavy (non-hydrogen) atoms. The number of nitrogens with two attached hydrogens (primary N) is 1. The SMILES string of the molecule is N=C(N)c1ccc(CNC(=O)NC2CC2)cc1. The van der Waals surface area contributed by atoms with Gasteiger partial charge in [-0.15, -0.1) is 0 Å². The van der Waals surface area contributed by atoms with Crippen molar-refractivity contribution in [3.05, 3.63) is 35.4 Å². The summed E-state index contributed by atoms with van der Waals surface area (Å²) in [6.07, 6.45) is 2.17. The number of benzene rings is 1. The Balaban J connectivity index is 1.81. The quantitative estimate of drug-likeness (QED) is 0.459. The second-order valence-corrected chi connectivity index (χ2v) is 4.21. The molecule has 1 aromatic rings. The minimum absolute atomic E-state index is 0.0518. The van der Waals surface area contributed by atoms with Gasteiger partial charge in [-0.25, -0.2) is 4.79 Å². The highest BCUT2D eigenvalue weighted by Gasteiger charge is 2.22. The molecule has 1 aliphatic rings. The van der Waals surface area contributed by atoms with E-state index in [1.807, 2.05) is 12.1 Å². The van der Waals surface area contributed by atoms with E-state index in [0.29, 0.717) is 18.2 Å². The highest BCUT2D eigenvalue weighted by Crippen LogP contribution is 2.18. The molecule has 5 nitrogen and oxygen atoms in total. The Morgan fingerprint density at radius 2 is 2.00 bits per heavy atom. The van der Waals surface area contributed by atoms with Gasteiger partial charge in [-0.2, -0.15) is 0 Å². The zero-order chi connectivity index (χ0) is 12.3. The molecule has 0 bridgehead atoms. The minimum atomic E-state index is -0.122. The Kier molecular flexibility index (Phi) is 3.27. The third kappa shape index (κ3) is 3.48. The summed E-state index contributed by atoms with van der Waals surface area (Å²) in [5, 5.41) is 12.9. The summed E-state index contributed by atoms with van der Waals surface area (Å²) < 4.78 is 0. The standard InChI is InChI=1S/C12H16N4O/c13-11(14)9-3-1-8(2-4-9)7-15-12(17)16-10-5-6-10/h1-4,10H,5-7H2,(H3,13,14)(H2,15,16,17). The van der Waals surface area contributed by atoms with Crippen LogP contribution >= 0.6 is 0 Å². The molecule has 0 atom stereocenters. The Labute approximate surface area is 99.9 Å². The van der Waals surface area contributed by atoms with Gasteiger partial charge in [0.2, 0.25) is 0 Å². The van der Waals surface area contributed by atoms with Crippen LogP contribution in [0.3, 0.4) is 0 Å². The van der Waals surface area contributed by atoms with Crippen LogP contribution in [-0.4, -0.2) is 17.9 Å². The topological polar surface area (TPSA) is 91.0 Å². The second-order valence-electron chi connectivity index (χ2n) is 4.21. The van der Waals surface area contributed by atoms with Crippen LogP contribution < -0.4 is 16.4 Å². The van der Waals surface area contributed by atoms with E-state index in [4.69, 9.17) is 11.1 Å². The Bertz CT molecular complexity index is 423. The van der Waals surface area contributed by atoms with Crippen LogP contribution in [0, 0.1) is 5.41 Å². The number of urea groups is 1. The molecule has 1 saturated carbocycles. The molecule has 1 fully saturated rings. The van der Waals surface area contributed by atoms with Gasteiger partial charge in [0, 0.05) is 18.2 Å². The van der Waals surface area contributed by atoms with Crippen molar-refractivity contribution < 1.29 is 4.79 Å². The average molecular weight is 232 g/mol. The van der Waals surface area contributed by atoms with Crippen LogP contribution in [0.5, 0.6) is 0 Å². The van der Waals surface area contributed by atoms with E-state index >= 15 is 0 Å². The lowest BCUT2D eigenvalue weighted by Crippen LogP contribution is -2.36. The number of amidine groups is 1. The van der Waals surface area contributed by atoms with E-state index in [1.165, 1.54) is 0 Å². The maximum atomic E-state index is 11.4. The van der Waals surface area contributed by atoms with Gasteiger partial charge in [-0.05, 0) is 18.4 Å². The number of nitrogens with one attached hydrogen (secondary N) is 3. The number of nitrogen functional groups attached to an aromatic ring is 1. The van der Waals surface area contributed by atoms with Crippen LogP contribution in [0.2, 0.25) is 0 Å². The van der Waals surface area contributed by atoms with Crippen molar-refractivity contribution in [2.45, 2.75) is 25.4 Å². The van der Waals surface area contributed by atoms with Gasteiger partial charge in [0.15, 0.2) is 0 Å². The van der Waals surface area contributed by atoms with E-state index in [0.717, 1.165) is 18.4 Å². The van der Waals surface area contributed by atoms with E-state index in [9.17, 15) is 4.79 Å². The number of carbonyl (C=O) groups excluding carboxylic acids is 1. The molecule has 0 aliphatic heterocycles. The number of carbonyl (C=O) groups is 1. The maximum Gasteiger partial charge on any atom is 0.315 e. The normalized spacial score (nSPS) is 14.1. The molecule has 0 aromatic heterocycles. The zero-order valence-electron chi connectivity index (χ0n) is 9.49. The minimum Gasteiger partial charge on any atom is -0.384 e. The van der Waals surface area contributed by atoms with Crippen LogP contribution in [0.15, 0.2) is 24.3 Å². The molecule has 5 heteroatoms. The fourth-order valence-electron chi connectivity index (χ4n) is 1.45. The summed E-state index contributed by atoms with van der Waals surface area (Å²) in [7, 11) is 0. The van der Waals surface area contributed by atoms with Crippen molar-refractivity contribution in [3.63, 3.8) is 0 Å². The first kappa shape index (κ1) is 11.4. The van der Waals surface area contributed by atoms with Crippen molar-refractivity contribution in [1.29, 1.82) is 5.41 Å². The van der Waals surface area contributed by atoms with Crippen molar-refractivity contribution in [3.8, 4) is 0 Å². The largest absolute Gasteiger partial charge is 0.384 e. The van der Waals surface area contributed by atoms with Crippen LogP contribution in [0.25, 0.3) is 0 Å².